The molecule has 2 N–H and O–H groups in total. The summed E-state index contributed by atoms with van der Waals surface area (Å²) < 4.78 is 39.1. The summed E-state index contributed by atoms with van der Waals surface area (Å²) in [7, 11) is 0. The third kappa shape index (κ3) is 6.30. The number of hydrogen-bond acceptors (Lipinski definition) is 4. The standard InChI is InChI=1S/C25H28F3NO4S/c1-24(2,3)13-12-19-14-20(21(34-19)23(32)33)29(17-8-10-18(30)11-9-17)22(31)15-4-6-16(7-5-15)25(26,27)28/h4-6,14,16-18,30H,7-11H2,1-3H3,(H,32,33). The summed E-state index contributed by atoms with van der Waals surface area (Å²) in [4.78, 5) is 27.5. The number of halogens is 3. The summed E-state index contributed by atoms with van der Waals surface area (Å²) in [6.07, 6.45) is -0.0430. The molecule has 5 nitrogen and oxygen atoms in total. The van der Waals surface area contributed by atoms with Crippen LogP contribution in [0.4, 0.5) is 18.9 Å². The molecule has 0 aromatic carbocycles. The molecule has 1 heterocycles. The molecule has 1 saturated carbocycles. The van der Waals surface area contributed by atoms with E-state index in [4.69, 9.17) is 0 Å². The smallest absolute Gasteiger partial charge is 0.395 e. The van der Waals surface area contributed by atoms with Crippen molar-refractivity contribution < 1.29 is 33.0 Å². The van der Waals surface area contributed by atoms with Crippen LogP contribution >= 0.6 is 11.3 Å². The quantitative estimate of drug-likeness (QED) is 0.538. The Morgan fingerprint density at radius 2 is 1.79 bits per heavy atom. The van der Waals surface area contributed by atoms with Crippen LogP contribution in [0.25, 0.3) is 0 Å². The Hall–Kier alpha value is -2.57. The predicted molar refractivity (Wildman–Crippen MR) is 125 cm³/mol. The lowest BCUT2D eigenvalue weighted by Crippen LogP contribution is -2.44. The molecule has 184 valence electrons. The number of aliphatic hydroxyl groups is 1. The maximum Gasteiger partial charge on any atom is 0.395 e. The van der Waals surface area contributed by atoms with E-state index in [0.29, 0.717) is 30.6 Å². The molecule has 0 radical (unpaired) electrons. The number of alkyl halides is 3. The molecule has 2 aliphatic rings. The molecule has 0 spiro atoms. The van der Waals surface area contributed by atoms with E-state index in [0.717, 1.165) is 17.4 Å². The fourth-order valence-corrected chi connectivity index (χ4v) is 4.82. The van der Waals surface area contributed by atoms with Crippen molar-refractivity contribution in [2.75, 3.05) is 4.90 Å². The van der Waals surface area contributed by atoms with E-state index in [1.54, 1.807) is 6.07 Å². The number of aliphatic hydroxyl groups excluding tert-OH is 1. The number of nitrogens with zero attached hydrogens (tertiary/aromatic N) is 1. The number of carbonyl (C=O) groups is 2. The first-order chi connectivity index (χ1) is 15.8. The number of carboxylic acids is 1. The second kappa shape index (κ2) is 9.96. The highest BCUT2D eigenvalue weighted by Gasteiger charge is 2.39. The van der Waals surface area contributed by atoms with Gasteiger partial charge in [0.15, 0.2) is 0 Å². The summed E-state index contributed by atoms with van der Waals surface area (Å²) >= 11 is 0.966. The summed E-state index contributed by atoms with van der Waals surface area (Å²) in [6, 6.07) is 1.18. The van der Waals surface area contributed by atoms with Gasteiger partial charge in [0.1, 0.15) is 4.88 Å². The van der Waals surface area contributed by atoms with Gasteiger partial charge in [0.05, 0.1) is 22.6 Å². The second-order valence-electron chi connectivity index (χ2n) is 9.67. The van der Waals surface area contributed by atoms with Gasteiger partial charge in [-0.25, -0.2) is 4.79 Å². The predicted octanol–water partition coefficient (Wildman–Crippen LogP) is 5.55. The van der Waals surface area contributed by atoms with Gasteiger partial charge in [-0.05, 0) is 58.9 Å². The molecular weight excluding hydrogens is 467 g/mol. The van der Waals surface area contributed by atoms with Crippen LogP contribution in [0.3, 0.4) is 0 Å². The number of allylic oxidation sites excluding steroid dienone is 2. The number of thiophene rings is 1. The first-order valence-electron chi connectivity index (χ1n) is 11.1. The van der Waals surface area contributed by atoms with Crippen molar-refractivity contribution in [3.05, 3.63) is 39.6 Å². The van der Waals surface area contributed by atoms with Gasteiger partial charge in [-0.3, -0.25) is 4.79 Å². The van der Waals surface area contributed by atoms with E-state index in [-0.39, 0.29) is 34.0 Å². The molecule has 1 fully saturated rings. The second-order valence-corrected chi connectivity index (χ2v) is 10.7. The number of hydrogen-bond donors (Lipinski definition) is 2. The van der Waals surface area contributed by atoms with Crippen molar-refractivity contribution in [1.82, 2.24) is 0 Å². The van der Waals surface area contributed by atoms with Crippen LogP contribution in [0.5, 0.6) is 0 Å². The van der Waals surface area contributed by atoms with Crippen molar-refractivity contribution in [3.63, 3.8) is 0 Å². The lowest BCUT2D eigenvalue weighted by molar-refractivity contribution is -0.160. The molecule has 1 aromatic rings. The number of amides is 1. The maximum atomic E-state index is 13.6. The molecule has 9 heteroatoms. The third-order valence-electron chi connectivity index (χ3n) is 5.74. The van der Waals surface area contributed by atoms with E-state index >= 15 is 0 Å². The molecule has 3 rings (SSSR count). The fourth-order valence-electron chi connectivity index (χ4n) is 3.97. The monoisotopic (exact) mass is 495 g/mol. The highest BCUT2D eigenvalue weighted by molar-refractivity contribution is 7.15. The van der Waals surface area contributed by atoms with Gasteiger partial charge < -0.3 is 15.1 Å². The number of rotatable bonds is 4. The lowest BCUT2D eigenvalue weighted by Gasteiger charge is -2.36. The maximum absolute atomic E-state index is 13.6. The molecule has 0 bridgehead atoms. The van der Waals surface area contributed by atoms with Crippen molar-refractivity contribution in [2.45, 2.75) is 71.2 Å². The zero-order valence-electron chi connectivity index (χ0n) is 19.3. The van der Waals surface area contributed by atoms with Gasteiger partial charge in [0, 0.05) is 17.0 Å². The molecule has 0 aliphatic heterocycles. The number of carbonyl (C=O) groups excluding carboxylic acids is 1. The summed E-state index contributed by atoms with van der Waals surface area (Å²) in [6.45, 7) is 5.77. The van der Waals surface area contributed by atoms with Gasteiger partial charge in [-0.1, -0.05) is 30.1 Å². The first kappa shape index (κ1) is 26.0. The summed E-state index contributed by atoms with van der Waals surface area (Å²) in [5.74, 6) is 2.63. The van der Waals surface area contributed by atoms with E-state index in [1.165, 1.54) is 17.1 Å². The van der Waals surface area contributed by atoms with Crippen molar-refractivity contribution in [3.8, 4) is 11.8 Å². The minimum atomic E-state index is -4.40. The van der Waals surface area contributed by atoms with Gasteiger partial charge in [0.25, 0.3) is 5.91 Å². The molecule has 2 aliphatic carbocycles. The fraction of sp³-hybridized carbons (Fsp3) is 0.520. The molecule has 1 unspecified atom stereocenters. The topological polar surface area (TPSA) is 77.8 Å². The third-order valence-corrected chi connectivity index (χ3v) is 6.77. The van der Waals surface area contributed by atoms with Crippen LogP contribution in [-0.4, -0.2) is 40.4 Å². The Kier molecular flexibility index (Phi) is 7.63. The van der Waals surface area contributed by atoms with Gasteiger partial charge in [0.2, 0.25) is 0 Å². The highest BCUT2D eigenvalue weighted by Crippen LogP contribution is 2.38. The largest absolute Gasteiger partial charge is 0.477 e. The molecule has 34 heavy (non-hydrogen) atoms. The minimum Gasteiger partial charge on any atom is -0.477 e. The average Bonchev–Trinajstić information content (AvgIpc) is 3.17. The zero-order chi connectivity index (χ0) is 25.3. The van der Waals surface area contributed by atoms with E-state index in [2.05, 4.69) is 11.8 Å². The zero-order valence-corrected chi connectivity index (χ0v) is 20.1. The highest BCUT2D eigenvalue weighted by atomic mass is 32.1. The molecule has 1 amide bonds. The van der Waals surface area contributed by atoms with Crippen LogP contribution in [-0.2, 0) is 4.79 Å². The van der Waals surface area contributed by atoms with E-state index in [9.17, 15) is 33.0 Å². The van der Waals surface area contributed by atoms with Crippen molar-refractivity contribution in [1.29, 1.82) is 0 Å². The van der Waals surface area contributed by atoms with Crippen LogP contribution in [0.15, 0.2) is 29.9 Å². The summed E-state index contributed by atoms with van der Waals surface area (Å²) in [5.41, 5.74) is -0.0271. The number of carboxylic acid groups (broad SMARTS) is 1. The molecule has 1 atom stereocenters. The molecular formula is C25H28F3NO4S. The van der Waals surface area contributed by atoms with Gasteiger partial charge in [-0.15, -0.1) is 11.3 Å². The van der Waals surface area contributed by atoms with Crippen molar-refractivity contribution >= 4 is 28.9 Å². The van der Waals surface area contributed by atoms with E-state index in [1.807, 2.05) is 20.8 Å². The Labute approximate surface area is 201 Å². The van der Waals surface area contributed by atoms with E-state index < -0.39 is 30.1 Å². The van der Waals surface area contributed by atoms with Crippen LogP contribution in [0, 0.1) is 23.2 Å². The first-order valence-corrected chi connectivity index (χ1v) is 11.9. The SMILES string of the molecule is CC(C)(C)C#Cc1cc(N(C(=O)C2=CCC(C(F)(F)F)C=C2)C2CCC(O)CC2)c(C(=O)O)s1. The average molecular weight is 496 g/mol. The molecule has 0 saturated heterocycles. The number of aromatic carboxylic acids is 1. The van der Waals surface area contributed by atoms with Crippen LogP contribution in [0.1, 0.15) is 67.4 Å². The van der Waals surface area contributed by atoms with Crippen LogP contribution < -0.4 is 4.90 Å². The van der Waals surface area contributed by atoms with Crippen LogP contribution in [0.2, 0.25) is 0 Å². The normalized spacial score (nSPS) is 23.0. The molecule has 1 aromatic heterocycles. The van der Waals surface area contributed by atoms with Gasteiger partial charge >= 0.3 is 12.1 Å². The Morgan fingerprint density at radius 3 is 2.29 bits per heavy atom. The minimum absolute atomic E-state index is 0.0498. The Bertz CT molecular complexity index is 1060. The van der Waals surface area contributed by atoms with Crippen molar-refractivity contribution in [2.24, 2.45) is 11.3 Å². The Morgan fingerprint density at radius 1 is 1.15 bits per heavy atom. The lowest BCUT2D eigenvalue weighted by atomic mass is 9.90. The van der Waals surface area contributed by atoms with Gasteiger partial charge in [-0.2, -0.15) is 13.2 Å². The Balaban J connectivity index is 2.02. The number of anilines is 1. The summed E-state index contributed by atoms with van der Waals surface area (Å²) in [5, 5.41) is 19.8.